The molecule has 6 nitrogen and oxygen atoms in total. The van der Waals surface area contributed by atoms with Crippen molar-refractivity contribution >= 4 is 5.91 Å². The molecule has 1 aliphatic rings. The Morgan fingerprint density at radius 1 is 1.18 bits per heavy atom. The molecule has 9 heteroatoms. The van der Waals surface area contributed by atoms with Crippen molar-refractivity contribution in [1.82, 2.24) is 20.1 Å². The molecule has 1 fully saturated rings. The van der Waals surface area contributed by atoms with Crippen LogP contribution in [-0.4, -0.2) is 56.5 Å². The van der Waals surface area contributed by atoms with Crippen molar-refractivity contribution in [3.05, 3.63) is 36.2 Å². The van der Waals surface area contributed by atoms with Crippen LogP contribution in [0.1, 0.15) is 32.5 Å². The van der Waals surface area contributed by atoms with E-state index in [1.165, 1.54) is 0 Å². The maximum atomic E-state index is 12.6. The second-order valence-electron chi connectivity index (χ2n) is 7.65. The van der Waals surface area contributed by atoms with E-state index in [1.807, 2.05) is 44.2 Å². The number of carbonyl (C=O) groups is 1. The molecule has 0 unspecified atom stereocenters. The number of carbonyl (C=O) groups excluding carboxylic acids is 1. The molecule has 1 atom stereocenters. The van der Waals surface area contributed by atoms with Crippen LogP contribution in [0.5, 0.6) is 0 Å². The zero-order valence-corrected chi connectivity index (χ0v) is 15.7. The van der Waals surface area contributed by atoms with Gasteiger partial charge in [-0.15, -0.1) is 10.2 Å². The van der Waals surface area contributed by atoms with Crippen LogP contribution in [0.15, 0.2) is 30.3 Å². The van der Waals surface area contributed by atoms with Crippen LogP contribution in [0.3, 0.4) is 0 Å². The fourth-order valence-corrected chi connectivity index (χ4v) is 3.61. The number of aromatic nitrogens is 3. The van der Waals surface area contributed by atoms with Gasteiger partial charge < -0.3 is 15.0 Å². The number of aliphatic hydroxyl groups excluding tert-OH is 1. The number of amides is 1. The summed E-state index contributed by atoms with van der Waals surface area (Å²) in [5.41, 5.74) is 0.524. The number of hydrogen-bond acceptors (Lipinski definition) is 4. The first-order valence-electron chi connectivity index (χ1n) is 9.13. The highest BCUT2D eigenvalue weighted by Gasteiger charge is 2.46. The van der Waals surface area contributed by atoms with Crippen LogP contribution in [0, 0.1) is 5.92 Å². The van der Waals surface area contributed by atoms with Crippen molar-refractivity contribution in [2.45, 2.75) is 44.4 Å². The number of piperidine rings is 1. The number of benzene rings is 1. The Balaban J connectivity index is 1.67. The molecule has 1 amide bonds. The van der Waals surface area contributed by atoms with E-state index in [-0.39, 0.29) is 19.0 Å². The molecule has 0 spiro atoms. The largest absolute Gasteiger partial charge is 0.423 e. The molecule has 1 aromatic carbocycles. The van der Waals surface area contributed by atoms with Gasteiger partial charge in [-0.2, -0.15) is 13.2 Å². The third kappa shape index (κ3) is 4.04. The first-order valence-corrected chi connectivity index (χ1v) is 9.13. The van der Waals surface area contributed by atoms with E-state index in [2.05, 4.69) is 15.2 Å². The first kappa shape index (κ1) is 20.3. The van der Waals surface area contributed by atoms with Gasteiger partial charge in [0.2, 0.25) is 6.10 Å². The Kier molecular flexibility index (Phi) is 5.47. The second kappa shape index (κ2) is 7.54. The molecule has 1 aliphatic heterocycles. The Morgan fingerprint density at radius 3 is 2.36 bits per heavy atom. The van der Waals surface area contributed by atoms with Crippen LogP contribution < -0.4 is 0 Å². The van der Waals surface area contributed by atoms with Gasteiger partial charge in [-0.05, 0) is 18.8 Å². The van der Waals surface area contributed by atoms with E-state index in [4.69, 9.17) is 0 Å². The minimum Gasteiger partial charge on any atom is -0.376 e. The topological polar surface area (TPSA) is 82.1 Å². The second-order valence-corrected chi connectivity index (χ2v) is 7.65. The summed E-state index contributed by atoms with van der Waals surface area (Å²) < 4.78 is 37.7. The van der Waals surface area contributed by atoms with E-state index < -0.39 is 23.6 Å². The van der Waals surface area contributed by atoms with E-state index in [1.54, 1.807) is 0 Å². The van der Waals surface area contributed by atoms with Gasteiger partial charge in [-0.1, -0.05) is 44.2 Å². The molecule has 0 aliphatic carbocycles. The van der Waals surface area contributed by atoms with Crippen molar-refractivity contribution in [1.29, 1.82) is 0 Å². The molecule has 0 saturated carbocycles. The van der Waals surface area contributed by atoms with Crippen molar-refractivity contribution in [2.24, 2.45) is 5.92 Å². The number of nitrogens with one attached hydrogen (secondary N) is 1. The molecule has 0 bridgehead atoms. The third-order valence-corrected chi connectivity index (χ3v) is 5.52. The lowest BCUT2D eigenvalue weighted by Gasteiger charge is -2.40. The van der Waals surface area contributed by atoms with E-state index in [0.29, 0.717) is 24.5 Å². The van der Waals surface area contributed by atoms with Gasteiger partial charge in [0.05, 0.1) is 0 Å². The number of halogens is 3. The van der Waals surface area contributed by atoms with Crippen LogP contribution in [0.4, 0.5) is 13.2 Å². The van der Waals surface area contributed by atoms with Gasteiger partial charge in [0.1, 0.15) is 5.82 Å². The Labute approximate surface area is 160 Å². The van der Waals surface area contributed by atoms with Crippen molar-refractivity contribution in [3.8, 4) is 11.4 Å². The van der Waals surface area contributed by atoms with Gasteiger partial charge in [-0.25, -0.2) is 0 Å². The summed E-state index contributed by atoms with van der Waals surface area (Å²) in [4.78, 5) is 16.2. The Hall–Kier alpha value is -2.42. The number of likely N-dealkylation sites (tertiary alicyclic amines) is 1. The summed E-state index contributed by atoms with van der Waals surface area (Å²) >= 11 is 0. The van der Waals surface area contributed by atoms with Gasteiger partial charge in [0.15, 0.2) is 5.82 Å². The molecular formula is C19H23F3N4O2. The van der Waals surface area contributed by atoms with Crippen molar-refractivity contribution in [2.75, 3.05) is 13.1 Å². The quantitative estimate of drug-likeness (QED) is 0.833. The molecular weight excluding hydrogens is 373 g/mol. The average Bonchev–Trinajstić information content (AvgIpc) is 3.18. The summed E-state index contributed by atoms with van der Waals surface area (Å²) in [6, 6.07) is 9.58. The SMILES string of the molecule is CC(C)(c1nnc(-c2ccccc2)[nH]1)C1CCN(C(=O)[C@H](O)C(F)(F)F)CC1. The minimum atomic E-state index is -4.94. The zero-order chi connectivity index (χ0) is 20.5. The third-order valence-electron chi connectivity index (χ3n) is 5.52. The lowest BCUT2D eigenvalue weighted by atomic mass is 9.73. The predicted molar refractivity (Wildman–Crippen MR) is 96.2 cm³/mol. The highest BCUT2D eigenvalue weighted by molar-refractivity contribution is 5.81. The fourth-order valence-electron chi connectivity index (χ4n) is 3.61. The highest BCUT2D eigenvalue weighted by Crippen LogP contribution is 2.37. The number of alkyl halides is 3. The summed E-state index contributed by atoms with van der Waals surface area (Å²) in [7, 11) is 0. The predicted octanol–water partition coefficient (Wildman–Crippen LogP) is 2.91. The average molecular weight is 396 g/mol. The van der Waals surface area contributed by atoms with Crippen molar-refractivity contribution in [3.63, 3.8) is 0 Å². The lowest BCUT2D eigenvalue weighted by Crippen LogP contribution is -2.50. The van der Waals surface area contributed by atoms with Gasteiger partial charge in [0, 0.05) is 24.1 Å². The highest BCUT2D eigenvalue weighted by atomic mass is 19.4. The van der Waals surface area contributed by atoms with Gasteiger partial charge in [-0.3, -0.25) is 4.79 Å². The molecule has 2 N–H and O–H groups in total. The van der Waals surface area contributed by atoms with Crippen LogP contribution >= 0.6 is 0 Å². The number of aliphatic hydroxyl groups is 1. The lowest BCUT2D eigenvalue weighted by molar-refractivity contribution is -0.211. The Bertz CT molecular complexity index is 812. The number of rotatable bonds is 4. The van der Waals surface area contributed by atoms with Gasteiger partial charge in [0.25, 0.3) is 5.91 Å². The Morgan fingerprint density at radius 2 is 1.79 bits per heavy atom. The number of hydrogen-bond donors (Lipinski definition) is 2. The number of H-pyrrole nitrogens is 1. The summed E-state index contributed by atoms with van der Waals surface area (Å²) in [6.07, 6.45) is -6.87. The molecule has 2 heterocycles. The molecule has 1 aromatic heterocycles. The normalized spacial score (nSPS) is 17.6. The fraction of sp³-hybridized carbons (Fsp3) is 0.526. The smallest absolute Gasteiger partial charge is 0.376 e. The maximum Gasteiger partial charge on any atom is 0.423 e. The molecule has 28 heavy (non-hydrogen) atoms. The number of nitrogens with zero attached hydrogens (tertiary/aromatic N) is 3. The van der Waals surface area contributed by atoms with E-state index >= 15 is 0 Å². The first-order chi connectivity index (χ1) is 13.1. The maximum absolute atomic E-state index is 12.6. The molecule has 1 saturated heterocycles. The monoisotopic (exact) mass is 396 g/mol. The van der Waals surface area contributed by atoms with Crippen LogP contribution in [0.25, 0.3) is 11.4 Å². The van der Waals surface area contributed by atoms with Gasteiger partial charge >= 0.3 is 6.18 Å². The van der Waals surface area contributed by atoms with Crippen LogP contribution in [-0.2, 0) is 10.2 Å². The number of aromatic amines is 1. The van der Waals surface area contributed by atoms with Crippen LogP contribution in [0.2, 0.25) is 0 Å². The van der Waals surface area contributed by atoms with E-state index in [0.717, 1.165) is 10.5 Å². The molecule has 152 valence electrons. The molecule has 2 aromatic rings. The summed E-state index contributed by atoms with van der Waals surface area (Å²) in [6.45, 7) is 4.35. The molecule has 3 rings (SSSR count). The summed E-state index contributed by atoms with van der Waals surface area (Å²) in [5.74, 6) is 0.182. The zero-order valence-electron chi connectivity index (χ0n) is 15.7. The van der Waals surface area contributed by atoms with E-state index in [9.17, 15) is 23.1 Å². The standard InChI is InChI=1S/C19H23F3N4O2/c1-18(2,17-23-15(24-25-17)12-6-4-3-5-7-12)13-8-10-26(11-9-13)16(28)14(27)19(20,21)22/h3-7,13-14,27H,8-11H2,1-2H3,(H,23,24,25)/t14-/m0/s1. The summed E-state index contributed by atoms with van der Waals surface area (Å²) in [5, 5.41) is 17.7. The minimum absolute atomic E-state index is 0.108. The molecule has 0 radical (unpaired) electrons. The van der Waals surface area contributed by atoms with Crippen molar-refractivity contribution < 1.29 is 23.1 Å².